The Morgan fingerprint density at radius 1 is 1.50 bits per heavy atom. The van der Waals surface area contributed by atoms with E-state index in [1.54, 1.807) is 0 Å². The molecule has 1 nitrogen and oxygen atoms in total. The summed E-state index contributed by atoms with van der Waals surface area (Å²) in [6.45, 7) is 0. The summed E-state index contributed by atoms with van der Waals surface area (Å²) in [5.41, 5.74) is 7.42. The minimum Gasteiger partial charge on any atom is -0.398 e. The second-order valence-corrected chi connectivity index (χ2v) is 3.49. The van der Waals surface area contributed by atoms with Crippen molar-refractivity contribution in [2.75, 3.05) is 5.73 Å². The molecular weight excluding hydrogens is 260 g/mol. The number of benzene rings is 1. The van der Waals surface area contributed by atoms with E-state index >= 15 is 0 Å². The van der Waals surface area contributed by atoms with Crippen molar-refractivity contribution < 1.29 is 0 Å². The molecule has 0 spiro atoms. The summed E-state index contributed by atoms with van der Waals surface area (Å²) in [4.78, 5) is 0. The maximum absolute atomic E-state index is 5.64. The number of rotatable bonds is 1. The highest BCUT2D eigenvalue weighted by Gasteiger charge is 1.95. The summed E-state index contributed by atoms with van der Waals surface area (Å²) in [6, 6.07) is 5.86. The summed E-state index contributed by atoms with van der Waals surface area (Å²) in [6.07, 6.45) is 0. The zero-order chi connectivity index (χ0) is 7.56. The van der Waals surface area contributed by atoms with Crippen LogP contribution >= 0.6 is 34.2 Å². The lowest BCUT2D eigenvalue weighted by Crippen LogP contribution is -1.91. The lowest BCUT2D eigenvalue weighted by Gasteiger charge is -2.00. The van der Waals surface area contributed by atoms with Crippen LogP contribution in [0, 0.1) is 3.57 Å². The summed E-state index contributed by atoms with van der Waals surface area (Å²) in [5, 5.41) is 0. The third-order valence-corrected chi connectivity index (χ3v) is 2.21. The largest absolute Gasteiger partial charge is 0.398 e. The molecule has 0 aliphatic heterocycles. The standard InChI is InChI=1S/C7H7ClIN/c8-4-5-1-2-6(9)3-7(5)10/h1-3H,4,10H2. The molecular formula is C7H7ClIN. The first-order chi connectivity index (χ1) is 4.74. The van der Waals surface area contributed by atoms with Gasteiger partial charge in [-0.05, 0) is 40.3 Å². The van der Waals surface area contributed by atoms with E-state index in [1.165, 1.54) is 0 Å². The molecule has 0 atom stereocenters. The fourth-order valence-electron chi connectivity index (χ4n) is 0.687. The second kappa shape index (κ2) is 3.44. The molecule has 10 heavy (non-hydrogen) atoms. The van der Waals surface area contributed by atoms with E-state index in [0.717, 1.165) is 14.8 Å². The summed E-state index contributed by atoms with van der Waals surface area (Å²) < 4.78 is 1.14. The third kappa shape index (κ3) is 1.76. The maximum atomic E-state index is 5.64. The quantitative estimate of drug-likeness (QED) is 0.472. The Hall–Kier alpha value is 0.0400. The minimum absolute atomic E-state index is 0.489. The predicted octanol–water partition coefficient (Wildman–Crippen LogP) is 2.61. The Bertz CT molecular complexity index is 237. The van der Waals surface area contributed by atoms with Gasteiger partial charge in [0.1, 0.15) is 0 Å². The molecule has 0 aliphatic rings. The minimum atomic E-state index is 0.489. The number of nitrogen functional groups attached to an aromatic ring is 1. The Kier molecular flexibility index (Phi) is 2.80. The van der Waals surface area contributed by atoms with Gasteiger partial charge in [-0.15, -0.1) is 11.6 Å². The van der Waals surface area contributed by atoms with Crippen LogP contribution in [-0.4, -0.2) is 0 Å². The van der Waals surface area contributed by atoms with Crippen LogP contribution in [0.3, 0.4) is 0 Å². The molecule has 0 fully saturated rings. The topological polar surface area (TPSA) is 26.0 Å². The first kappa shape index (κ1) is 8.14. The van der Waals surface area contributed by atoms with Gasteiger partial charge in [-0.3, -0.25) is 0 Å². The van der Waals surface area contributed by atoms with Gasteiger partial charge < -0.3 is 5.73 Å². The van der Waals surface area contributed by atoms with Gasteiger partial charge in [0.25, 0.3) is 0 Å². The van der Waals surface area contributed by atoms with Crippen molar-refractivity contribution in [3.63, 3.8) is 0 Å². The van der Waals surface area contributed by atoms with Crippen LogP contribution < -0.4 is 5.73 Å². The number of anilines is 1. The molecule has 0 unspecified atom stereocenters. The lowest BCUT2D eigenvalue weighted by molar-refractivity contribution is 1.39. The molecule has 2 N–H and O–H groups in total. The number of nitrogens with two attached hydrogens (primary N) is 1. The van der Waals surface area contributed by atoms with Crippen molar-refractivity contribution in [3.8, 4) is 0 Å². The smallest absolute Gasteiger partial charge is 0.0494 e. The Morgan fingerprint density at radius 2 is 2.20 bits per heavy atom. The Morgan fingerprint density at radius 3 is 2.70 bits per heavy atom. The first-order valence-electron chi connectivity index (χ1n) is 2.84. The van der Waals surface area contributed by atoms with Crippen molar-refractivity contribution >= 4 is 39.9 Å². The Balaban J connectivity index is 3.07. The van der Waals surface area contributed by atoms with Crippen LogP contribution in [0.15, 0.2) is 18.2 Å². The molecule has 0 bridgehead atoms. The first-order valence-corrected chi connectivity index (χ1v) is 4.45. The van der Waals surface area contributed by atoms with Gasteiger partial charge in [-0.1, -0.05) is 6.07 Å². The van der Waals surface area contributed by atoms with Gasteiger partial charge >= 0.3 is 0 Å². The van der Waals surface area contributed by atoms with Gasteiger partial charge in [0, 0.05) is 15.1 Å². The molecule has 54 valence electrons. The fourth-order valence-corrected chi connectivity index (χ4v) is 1.45. The van der Waals surface area contributed by atoms with Crippen LogP contribution in [0.4, 0.5) is 5.69 Å². The zero-order valence-electron chi connectivity index (χ0n) is 5.27. The predicted molar refractivity (Wildman–Crippen MR) is 53.1 cm³/mol. The highest BCUT2D eigenvalue weighted by atomic mass is 127. The molecule has 0 saturated heterocycles. The molecule has 0 aromatic heterocycles. The van der Waals surface area contributed by atoms with Crippen LogP contribution in [-0.2, 0) is 5.88 Å². The fraction of sp³-hybridized carbons (Fsp3) is 0.143. The molecule has 1 rings (SSSR count). The molecule has 1 aromatic carbocycles. The van der Waals surface area contributed by atoms with Crippen LogP contribution in [0.2, 0.25) is 0 Å². The normalized spacial score (nSPS) is 9.80. The highest BCUT2D eigenvalue weighted by molar-refractivity contribution is 14.1. The zero-order valence-corrected chi connectivity index (χ0v) is 8.19. The van der Waals surface area contributed by atoms with E-state index in [9.17, 15) is 0 Å². The van der Waals surface area contributed by atoms with E-state index < -0.39 is 0 Å². The van der Waals surface area contributed by atoms with Crippen LogP contribution in [0.5, 0.6) is 0 Å². The van der Waals surface area contributed by atoms with Crippen molar-refractivity contribution in [1.82, 2.24) is 0 Å². The van der Waals surface area contributed by atoms with Crippen LogP contribution in [0.1, 0.15) is 5.56 Å². The molecule has 1 aromatic rings. The van der Waals surface area contributed by atoms with Crippen LogP contribution in [0.25, 0.3) is 0 Å². The van der Waals surface area contributed by atoms with Crippen molar-refractivity contribution in [2.24, 2.45) is 0 Å². The molecule has 0 radical (unpaired) electrons. The van der Waals surface area contributed by atoms with Crippen molar-refractivity contribution in [1.29, 1.82) is 0 Å². The maximum Gasteiger partial charge on any atom is 0.0494 e. The van der Waals surface area contributed by atoms with Gasteiger partial charge in [0.2, 0.25) is 0 Å². The lowest BCUT2D eigenvalue weighted by atomic mass is 10.2. The third-order valence-electron chi connectivity index (χ3n) is 1.25. The monoisotopic (exact) mass is 267 g/mol. The number of alkyl halides is 1. The molecule has 0 heterocycles. The summed E-state index contributed by atoms with van der Waals surface area (Å²) >= 11 is 7.82. The van der Waals surface area contributed by atoms with E-state index in [4.69, 9.17) is 17.3 Å². The number of hydrogen-bond donors (Lipinski definition) is 1. The van der Waals surface area contributed by atoms with E-state index in [1.807, 2.05) is 18.2 Å². The van der Waals surface area contributed by atoms with Gasteiger partial charge in [-0.25, -0.2) is 0 Å². The van der Waals surface area contributed by atoms with E-state index in [0.29, 0.717) is 5.88 Å². The van der Waals surface area contributed by atoms with Gasteiger partial charge in [0.05, 0.1) is 0 Å². The molecule has 0 aliphatic carbocycles. The summed E-state index contributed by atoms with van der Waals surface area (Å²) in [7, 11) is 0. The average molecular weight is 267 g/mol. The molecule has 0 amide bonds. The SMILES string of the molecule is Nc1cc(I)ccc1CCl. The number of hydrogen-bond acceptors (Lipinski definition) is 1. The van der Waals surface area contributed by atoms with Crippen molar-refractivity contribution in [2.45, 2.75) is 5.88 Å². The molecule has 3 heteroatoms. The second-order valence-electron chi connectivity index (χ2n) is 1.98. The average Bonchev–Trinajstić information content (AvgIpc) is 1.88. The van der Waals surface area contributed by atoms with E-state index in [2.05, 4.69) is 22.6 Å². The highest BCUT2D eigenvalue weighted by Crippen LogP contribution is 2.16. The summed E-state index contributed by atoms with van der Waals surface area (Å²) in [5.74, 6) is 0.489. The van der Waals surface area contributed by atoms with Gasteiger partial charge in [0.15, 0.2) is 0 Å². The Labute approximate surface area is 78.7 Å². The molecule has 0 saturated carbocycles. The number of halogens is 2. The van der Waals surface area contributed by atoms with Gasteiger partial charge in [-0.2, -0.15) is 0 Å². The van der Waals surface area contributed by atoms with E-state index in [-0.39, 0.29) is 0 Å². The van der Waals surface area contributed by atoms with Crippen molar-refractivity contribution in [3.05, 3.63) is 27.3 Å².